The number of halogens is 1. The van der Waals surface area contributed by atoms with Gasteiger partial charge in [0.15, 0.2) is 0 Å². The van der Waals surface area contributed by atoms with Gasteiger partial charge >= 0.3 is 0 Å². The molecule has 0 radical (unpaired) electrons. The zero-order valence-electron chi connectivity index (χ0n) is 24.5. The van der Waals surface area contributed by atoms with Crippen LogP contribution in [0.5, 0.6) is 0 Å². The van der Waals surface area contributed by atoms with Crippen molar-refractivity contribution in [2.75, 3.05) is 10.6 Å². The van der Waals surface area contributed by atoms with Crippen molar-refractivity contribution in [1.29, 1.82) is 0 Å². The van der Waals surface area contributed by atoms with Crippen molar-refractivity contribution in [2.24, 2.45) is 0 Å². The number of amides is 3. The maximum absolute atomic E-state index is 13.4. The number of benzene rings is 4. The van der Waals surface area contributed by atoms with Gasteiger partial charge in [-0.05, 0) is 91.1 Å². The van der Waals surface area contributed by atoms with Crippen LogP contribution in [0.25, 0.3) is 6.08 Å². The summed E-state index contributed by atoms with van der Waals surface area (Å²) >= 11 is 7.58. The maximum atomic E-state index is 13.4. The van der Waals surface area contributed by atoms with Gasteiger partial charge in [0.25, 0.3) is 11.8 Å². The van der Waals surface area contributed by atoms with Crippen LogP contribution in [0.1, 0.15) is 53.7 Å². The number of anilines is 2. The summed E-state index contributed by atoms with van der Waals surface area (Å²) in [6.07, 6.45) is 1.66. The van der Waals surface area contributed by atoms with Crippen molar-refractivity contribution in [3.63, 3.8) is 0 Å². The minimum Gasteiger partial charge on any atom is -0.325 e. The molecule has 4 aromatic carbocycles. The van der Waals surface area contributed by atoms with Crippen molar-refractivity contribution >= 4 is 58.5 Å². The van der Waals surface area contributed by atoms with Crippen LogP contribution in [-0.2, 0) is 9.59 Å². The summed E-state index contributed by atoms with van der Waals surface area (Å²) < 4.78 is 0. The van der Waals surface area contributed by atoms with Gasteiger partial charge in [-0.2, -0.15) is 0 Å². The Hall–Kier alpha value is -4.33. The molecule has 0 aliphatic heterocycles. The number of hydrogen-bond donors (Lipinski definition) is 3. The molecule has 0 saturated carbocycles. The second-order valence-electron chi connectivity index (χ2n) is 10.3. The predicted octanol–water partition coefficient (Wildman–Crippen LogP) is 8.30. The van der Waals surface area contributed by atoms with E-state index in [9.17, 15) is 14.4 Å². The SMILES string of the molecule is Cc1c(Cl)cccc1NC(=O)C(C)Sc1ccc(NC(=O)/C(=C/c2ccc(C(C)C)cc2)NC(=O)c2ccccc2)cc1. The Kier molecular flexibility index (Phi) is 10.8. The smallest absolute Gasteiger partial charge is 0.272 e. The quantitative estimate of drug-likeness (QED) is 0.124. The maximum Gasteiger partial charge on any atom is 0.272 e. The van der Waals surface area contributed by atoms with Crippen LogP contribution < -0.4 is 16.0 Å². The molecule has 0 aromatic heterocycles. The number of thioether (sulfide) groups is 1. The third-order valence-electron chi connectivity index (χ3n) is 6.76. The highest BCUT2D eigenvalue weighted by molar-refractivity contribution is 8.00. The molecule has 0 aliphatic rings. The van der Waals surface area contributed by atoms with Crippen LogP contribution in [0, 0.1) is 6.92 Å². The van der Waals surface area contributed by atoms with Crippen LogP contribution in [0.4, 0.5) is 11.4 Å². The number of carbonyl (C=O) groups excluding carboxylic acids is 3. The molecular weight excluding hydrogens is 578 g/mol. The highest BCUT2D eigenvalue weighted by atomic mass is 35.5. The molecule has 8 heteroatoms. The fraction of sp³-hybridized carbons (Fsp3) is 0.171. The first-order chi connectivity index (χ1) is 20.6. The lowest BCUT2D eigenvalue weighted by Crippen LogP contribution is -2.30. The fourth-order valence-corrected chi connectivity index (χ4v) is 5.18. The van der Waals surface area contributed by atoms with E-state index in [2.05, 4.69) is 29.8 Å². The van der Waals surface area contributed by atoms with Gasteiger partial charge in [0.2, 0.25) is 5.91 Å². The molecule has 4 aromatic rings. The molecule has 3 N–H and O–H groups in total. The van der Waals surface area contributed by atoms with Crippen LogP contribution in [0.15, 0.2) is 108 Å². The van der Waals surface area contributed by atoms with Gasteiger partial charge in [-0.15, -0.1) is 11.8 Å². The van der Waals surface area contributed by atoms with E-state index in [-0.39, 0.29) is 22.8 Å². The van der Waals surface area contributed by atoms with Crippen LogP contribution in [0.3, 0.4) is 0 Å². The van der Waals surface area contributed by atoms with Gasteiger partial charge in [0.05, 0.1) is 5.25 Å². The molecule has 1 unspecified atom stereocenters. The van der Waals surface area contributed by atoms with E-state index in [0.717, 1.165) is 16.0 Å². The van der Waals surface area contributed by atoms with E-state index >= 15 is 0 Å². The predicted molar refractivity (Wildman–Crippen MR) is 178 cm³/mol. The first-order valence-electron chi connectivity index (χ1n) is 13.9. The topological polar surface area (TPSA) is 87.3 Å². The van der Waals surface area contributed by atoms with E-state index in [0.29, 0.717) is 27.9 Å². The monoisotopic (exact) mass is 611 g/mol. The first-order valence-corrected chi connectivity index (χ1v) is 15.2. The molecule has 4 rings (SSSR count). The van der Waals surface area contributed by atoms with Gasteiger partial charge < -0.3 is 16.0 Å². The van der Waals surface area contributed by atoms with E-state index < -0.39 is 5.91 Å². The summed E-state index contributed by atoms with van der Waals surface area (Å²) in [6, 6.07) is 29.2. The fourth-order valence-electron chi connectivity index (χ4n) is 4.14. The second-order valence-corrected chi connectivity index (χ2v) is 12.2. The molecule has 43 heavy (non-hydrogen) atoms. The van der Waals surface area contributed by atoms with E-state index in [1.807, 2.05) is 62.4 Å². The summed E-state index contributed by atoms with van der Waals surface area (Å²) in [5.41, 5.74) is 4.58. The zero-order valence-corrected chi connectivity index (χ0v) is 26.1. The standard InChI is InChI=1S/C35H34ClN3O3S/c1-22(2)26-15-13-25(14-16-26)21-32(39-34(41)27-9-6-5-7-10-27)35(42)37-28-17-19-29(20-18-28)43-24(4)33(40)38-31-12-8-11-30(36)23(31)3/h5-22,24H,1-4H3,(H,37,42)(H,38,40)(H,39,41)/b32-21-. The Balaban J connectivity index is 1.45. The van der Waals surface area contributed by atoms with Crippen molar-refractivity contribution in [2.45, 2.75) is 43.8 Å². The largest absolute Gasteiger partial charge is 0.325 e. The number of hydrogen-bond acceptors (Lipinski definition) is 4. The van der Waals surface area contributed by atoms with Gasteiger partial charge in [0.1, 0.15) is 5.70 Å². The molecule has 0 fully saturated rings. The summed E-state index contributed by atoms with van der Waals surface area (Å²) in [4.78, 5) is 39.9. The van der Waals surface area contributed by atoms with Crippen molar-refractivity contribution in [3.8, 4) is 0 Å². The molecule has 220 valence electrons. The Bertz CT molecular complexity index is 1620. The van der Waals surface area contributed by atoms with E-state index in [1.165, 1.54) is 17.3 Å². The summed E-state index contributed by atoms with van der Waals surface area (Å²) in [5, 5.41) is 8.80. The van der Waals surface area contributed by atoms with Crippen LogP contribution >= 0.6 is 23.4 Å². The van der Waals surface area contributed by atoms with Crippen molar-refractivity contribution in [1.82, 2.24) is 5.32 Å². The Morgan fingerprint density at radius 3 is 2.12 bits per heavy atom. The minimum absolute atomic E-state index is 0.117. The van der Waals surface area contributed by atoms with Crippen LogP contribution in [0.2, 0.25) is 5.02 Å². The summed E-state index contributed by atoms with van der Waals surface area (Å²) in [7, 11) is 0. The third kappa shape index (κ3) is 8.83. The lowest BCUT2D eigenvalue weighted by atomic mass is 10.0. The number of carbonyl (C=O) groups is 3. The van der Waals surface area contributed by atoms with Gasteiger partial charge in [0, 0.05) is 26.9 Å². The molecule has 0 heterocycles. The Morgan fingerprint density at radius 2 is 1.47 bits per heavy atom. The highest BCUT2D eigenvalue weighted by Crippen LogP contribution is 2.28. The zero-order chi connectivity index (χ0) is 30.9. The average Bonchev–Trinajstić information content (AvgIpc) is 3.00. The number of rotatable bonds is 10. The lowest BCUT2D eigenvalue weighted by molar-refractivity contribution is -0.115. The summed E-state index contributed by atoms with van der Waals surface area (Å²) in [5.74, 6) is -0.600. The number of nitrogens with one attached hydrogen (secondary N) is 3. The van der Waals surface area contributed by atoms with Crippen molar-refractivity contribution < 1.29 is 14.4 Å². The first kappa shape index (κ1) is 31.6. The minimum atomic E-state index is -0.456. The van der Waals surface area contributed by atoms with Crippen molar-refractivity contribution in [3.05, 3.63) is 130 Å². The second kappa shape index (κ2) is 14.7. The van der Waals surface area contributed by atoms with Gasteiger partial charge in [-0.25, -0.2) is 0 Å². The Labute approximate surface area is 261 Å². The average molecular weight is 612 g/mol. The van der Waals surface area contributed by atoms with E-state index in [1.54, 1.807) is 54.6 Å². The molecular formula is C35H34ClN3O3S. The highest BCUT2D eigenvalue weighted by Gasteiger charge is 2.18. The Morgan fingerprint density at radius 1 is 0.791 bits per heavy atom. The molecule has 0 bridgehead atoms. The summed E-state index contributed by atoms with van der Waals surface area (Å²) in [6.45, 7) is 7.92. The molecule has 0 aliphatic carbocycles. The molecule has 1 atom stereocenters. The third-order valence-corrected chi connectivity index (χ3v) is 8.28. The molecule has 6 nitrogen and oxygen atoms in total. The normalized spacial score (nSPS) is 12.0. The molecule has 0 saturated heterocycles. The molecule has 3 amide bonds. The molecule has 0 spiro atoms. The van der Waals surface area contributed by atoms with Crippen LogP contribution in [-0.4, -0.2) is 23.0 Å². The van der Waals surface area contributed by atoms with Gasteiger partial charge in [-0.1, -0.05) is 74.0 Å². The van der Waals surface area contributed by atoms with Gasteiger partial charge in [-0.3, -0.25) is 14.4 Å². The van der Waals surface area contributed by atoms with E-state index in [4.69, 9.17) is 11.6 Å². The lowest BCUT2D eigenvalue weighted by Gasteiger charge is -2.15.